The van der Waals surface area contributed by atoms with Crippen molar-refractivity contribution in [3.63, 3.8) is 0 Å². The van der Waals surface area contributed by atoms with E-state index in [2.05, 4.69) is 15.9 Å². The number of nitrogens with zero attached hydrogens (tertiary/aromatic N) is 3. The molecule has 0 saturated heterocycles. The number of nitriles is 1. The third-order valence-electron chi connectivity index (χ3n) is 2.60. The molecule has 0 aromatic heterocycles. The molecule has 1 heterocycles. The summed E-state index contributed by atoms with van der Waals surface area (Å²) in [7, 11) is 0. The molecule has 0 amide bonds. The lowest BCUT2D eigenvalue weighted by atomic mass is 10.2. The predicted octanol–water partition coefficient (Wildman–Crippen LogP) is 3.97. The first-order valence-corrected chi connectivity index (χ1v) is 6.77. The van der Waals surface area contributed by atoms with Crippen LogP contribution >= 0.6 is 0 Å². The molecule has 0 aliphatic carbocycles. The molecule has 0 radical (unpaired) electrons. The summed E-state index contributed by atoms with van der Waals surface area (Å²) in [6.45, 7) is 0. The van der Waals surface area contributed by atoms with Gasteiger partial charge in [0.2, 0.25) is 0 Å². The van der Waals surface area contributed by atoms with E-state index in [1.807, 2.05) is 60.7 Å². The molecule has 114 valence electrons. The van der Waals surface area contributed by atoms with Crippen LogP contribution in [0.4, 0.5) is 0 Å². The van der Waals surface area contributed by atoms with Crippen LogP contribution in [0.5, 0.6) is 5.75 Å². The predicted molar refractivity (Wildman–Crippen MR) is 86.3 cm³/mol. The summed E-state index contributed by atoms with van der Waals surface area (Å²) in [6, 6.07) is 9.24. The van der Waals surface area contributed by atoms with Crippen LogP contribution in [0.1, 0.15) is 5.56 Å². The molecule has 1 aromatic carbocycles. The highest BCUT2D eigenvalue weighted by Gasteiger charge is 2.00. The first-order valence-electron chi connectivity index (χ1n) is 6.77. The SMILES string of the molecule is N#C/C1=C/C=C\C=C/C=C\C=C/c2ccccc2OONN=N1. The maximum absolute atomic E-state index is 8.90. The van der Waals surface area contributed by atoms with Crippen molar-refractivity contribution in [3.05, 3.63) is 84.1 Å². The van der Waals surface area contributed by atoms with Crippen LogP contribution in [0, 0.1) is 11.3 Å². The maximum atomic E-state index is 8.90. The Bertz CT molecular complexity index is 737. The van der Waals surface area contributed by atoms with Gasteiger partial charge in [0.25, 0.3) is 0 Å². The number of nitrogens with one attached hydrogen (secondary N) is 1. The monoisotopic (exact) mass is 306 g/mol. The summed E-state index contributed by atoms with van der Waals surface area (Å²) in [5.41, 5.74) is 3.11. The number of rotatable bonds is 0. The Morgan fingerprint density at radius 3 is 2.52 bits per heavy atom. The van der Waals surface area contributed by atoms with E-state index < -0.39 is 0 Å². The maximum Gasteiger partial charge on any atom is 0.175 e. The van der Waals surface area contributed by atoms with Gasteiger partial charge < -0.3 is 4.89 Å². The smallest absolute Gasteiger partial charge is 0.175 e. The Hall–Kier alpha value is -3.43. The molecule has 0 spiro atoms. The largest absolute Gasteiger partial charge is 0.312 e. The van der Waals surface area contributed by atoms with Crippen molar-refractivity contribution in [2.24, 2.45) is 10.3 Å². The number of hydrogen-bond donors (Lipinski definition) is 1. The fraction of sp³-hybridized carbons (Fsp3) is 0. The molecule has 2 rings (SSSR count). The van der Waals surface area contributed by atoms with E-state index in [1.54, 1.807) is 18.2 Å². The summed E-state index contributed by atoms with van der Waals surface area (Å²) in [5, 5.41) is 16.1. The Balaban J connectivity index is 2.20. The normalized spacial score (nSPS) is 22.7. The van der Waals surface area contributed by atoms with Crippen LogP contribution in [-0.4, -0.2) is 0 Å². The molecule has 0 unspecified atom stereocenters. The van der Waals surface area contributed by atoms with Crippen molar-refractivity contribution >= 4 is 6.08 Å². The third kappa shape index (κ3) is 5.83. The van der Waals surface area contributed by atoms with E-state index in [-0.39, 0.29) is 5.70 Å². The van der Waals surface area contributed by atoms with Gasteiger partial charge in [0, 0.05) is 5.56 Å². The minimum atomic E-state index is 0.118. The lowest BCUT2D eigenvalue weighted by Gasteiger charge is -2.04. The molecule has 6 nitrogen and oxygen atoms in total. The highest BCUT2D eigenvalue weighted by molar-refractivity contribution is 5.58. The van der Waals surface area contributed by atoms with Gasteiger partial charge in [-0.3, -0.25) is 0 Å². The first kappa shape index (κ1) is 15.9. The van der Waals surface area contributed by atoms with Gasteiger partial charge in [-0.25, -0.2) is 0 Å². The zero-order valence-corrected chi connectivity index (χ0v) is 12.2. The van der Waals surface area contributed by atoms with Gasteiger partial charge in [0.05, 0.1) is 0 Å². The van der Waals surface area contributed by atoms with Gasteiger partial charge in [0.1, 0.15) is 6.07 Å². The molecule has 1 aliphatic rings. The van der Waals surface area contributed by atoms with E-state index in [1.165, 1.54) is 6.08 Å². The molecular formula is C17H14N4O2. The van der Waals surface area contributed by atoms with Gasteiger partial charge in [-0.15, -0.1) is 10.7 Å². The second-order valence-corrected chi connectivity index (χ2v) is 4.17. The first-order chi connectivity index (χ1) is 11.4. The number of para-hydroxylation sites is 1. The van der Waals surface area contributed by atoms with Crippen LogP contribution in [0.2, 0.25) is 0 Å². The van der Waals surface area contributed by atoms with Crippen LogP contribution in [0.25, 0.3) is 6.08 Å². The zero-order valence-electron chi connectivity index (χ0n) is 12.2. The van der Waals surface area contributed by atoms with Crippen molar-refractivity contribution in [2.75, 3.05) is 0 Å². The van der Waals surface area contributed by atoms with Crippen molar-refractivity contribution in [1.29, 1.82) is 5.26 Å². The van der Waals surface area contributed by atoms with Crippen molar-refractivity contribution in [1.82, 2.24) is 5.59 Å². The lowest BCUT2D eigenvalue weighted by molar-refractivity contribution is -0.259. The third-order valence-corrected chi connectivity index (χ3v) is 2.60. The molecule has 1 aromatic rings. The van der Waals surface area contributed by atoms with E-state index in [4.69, 9.17) is 15.1 Å². The van der Waals surface area contributed by atoms with Gasteiger partial charge >= 0.3 is 0 Å². The minimum Gasteiger partial charge on any atom is -0.312 e. The van der Waals surface area contributed by atoms with Gasteiger partial charge in [-0.2, -0.15) is 5.26 Å². The number of hydrogen-bond acceptors (Lipinski definition) is 6. The van der Waals surface area contributed by atoms with Gasteiger partial charge in [0.15, 0.2) is 11.4 Å². The van der Waals surface area contributed by atoms with Crippen LogP contribution in [-0.2, 0) is 4.99 Å². The Labute approximate surface area is 133 Å². The quantitative estimate of drug-likeness (QED) is 0.735. The minimum absolute atomic E-state index is 0.118. The molecule has 0 saturated carbocycles. The van der Waals surface area contributed by atoms with Crippen LogP contribution in [0.15, 0.2) is 88.9 Å². The standard InChI is InChI=1S/C17H14N4O2/c18-14-16-12-7-5-3-1-2-4-6-10-15-11-8-9-13-17(15)22-23-21-20-19-16/h1-13H,(H,19,21)/b3-1-,4-2-,7-5-,10-6-,16-12-. The van der Waals surface area contributed by atoms with Crippen LogP contribution in [0.3, 0.4) is 0 Å². The fourth-order valence-corrected chi connectivity index (χ4v) is 1.57. The molecule has 0 fully saturated rings. The van der Waals surface area contributed by atoms with Crippen molar-refractivity contribution < 1.29 is 9.88 Å². The summed E-state index contributed by atoms with van der Waals surface area (Å²) in [6.07, 6.45) is 16.2. The second kappa shape index (κ2) is 9.50. The molecule has 0 bridgehead atoms. The number of benzene rings is 1. The van der Waals surface area contributed by atoms with E-state index >= 15 is 0 Å². The number of allylic oxidation sites excluding steroid dienone is 9. The molecule has 6 heteroatoms. The average molecular weight is 306 g/mol. The van der Waals surface area contributed by atoms with Crippen LogP contribution < -0.4 is 10.5 Å². The number of fused-ring (bicyclic) bond motifs is 1. The Kier molecular flexibility index (Phi) is 6.59. The van der Waals surface area contributed by atoms with Gasteiger partial charge in [-0.05, 0) is 22.4 Å². The summed E-state index contributed by atoms with van der Waals surface area (Å²) >= 11 is 0. The second-order valence-electron chi connectivity index (χ2n) is 4.17. The van der Waals surface area contributed by atoms with E-state index in [9.17, 15) is 0 Å². The van der Waals surface area contributed by atoms with E-state index in [0.717, 1.165) is 5.56 Å². The topological polar surface area (TPSA) is 79.0 Å². The highest BCUT2D eigenvalue weighted by atomic mass is 17.3. The fourth-order valence-electron chi connectivity index (χ4n) is 1.57. The van der Waals surface area contributed by atoms with E-state index in [0.29, 0.717) is 5.75 Å². The average Bonchev–Trinajstić information content (AvgIpc) is 2.58. The summed E-state index contributed by atoms with van der Waals surface area (Å²) in [5.74, 6) is 0.512. The molecule has 23 heavy (non-hydrogen) atoms. The Morgan fingerprint density at radius 1 is 0.957 bits per heavy atom. The highest BCUT2D eigenvalue weighted by Crippen LogP contribution is 2.19. The molecule has 0 atom stereocenters. The van der Waals surface area contributed by atoms with Gasteiger partial charge in [-0.1, -0.05) is 66.8 Å². The summed E-state index contributed by atoms with van der Waals surface area (Å²) in [4.78, 5) is 9.86. The van der Waals surface area contributed by atoms with Crippen molar-refractivity contribution in [2.45, 2.75) is 0 Å². The zero-order chi connectivity index (χ0) is 16.2. The lowest BCUT2D eigenvalue weighted by Crippen LogP contribution is -2.10. The van der Waals surface area contributed by atoms with Crippen molar-refractivity contribution in [3.8, 4) is 11.8 Å². The Morgan fingerprint density at radius 2 is 1.70 bits per heavy atom. The molecule has 1 N–H and O–H groups in total. The molecular weight excluding hydrogens is 292 g/mol. The molecule has 1 aliphatic heterocycles. The summed E-state index contributed by atoms with van der Waals surface area (Å²) < 4.78 is 0.